The van der Waals surface area contributed by atoms with Crippen LogP contribution in [0.5, 0.6) is 0 Å². The van der Waals surface area contributed by atoms with E-state index >= 15 is 0 Å². The van der Waals surface area contributed by atoms with Gasteiger partial charge in [0.1, 0.15) is 0 Å². The van der Waals surface area contributed by atoms with E-state index in [9.17, 15) is 0 Å². The van der Waals surface area contributed by atoms with Gasteiger partial charge in [-0.3, -0.25) is 4.90 Å². The molecule has 0 atom stereocenters. The quantitative estimate of drug-likeness (QED) is 0.831. The van der Waals surface area contributed by atoms with E-state index in [-0.39, 0.29) is 0 Å². The van der Waals surface area contributed by atoms with Gasteiger partial charge in [0.25, 0.3) is 0 Å². The molecule has 0 radical (unpaired) electrons. The molecule has 17 heavy (non-hydrogen) atoms. The van der Waals surface area contributed by atoms with Crippen LogP contribution in [0.1, 0.15) is 26.3 Å². The molecule has 0 saturated carbocycles. The van der Waals surface area contributed by atoms with Gasteiger partial charge in [-0.2, -0.15) is 0 Å². The Morgan fingerprint density at radius 2 is 2.00 bits per heavy atom. The summed E-state index contributed by atoms with van der Waals surface area (Å²) in [4.78, 5) is 2.45. The number of nitrogens with zero attached hydrogens (tertiary/aromatic N) is 1. The Labute approximate surface area is 114 Å². The molecular weight excluding hydrogens is 276 g/mol. The van der Waals surface area contributed by atoms with Crippen molar-refractivity contribution in [1.82, 2.24) is 10.2 Å². The van der Waals surface area contributed by atoms with Crippen molar-refractivity contribution in [3.8, 4) is 0 Å². The molecule has 0 aliphatic rings. The summed E-state index contributed by atoms with van der Waals surface area (Å²) in [6.45, 7) is 10.8. The second kappa shape index (κ2) is 7.85. The average Bonchev–Trinajstić information content (AvgIpc) is 2.30. The summed E-state index contributed by atoms with van der Waals surface area (Å²) in [6, 6.07) is 9.01. The van der Waals surface area contributed by atoms with Crippen LogP contribution in [0.2, 0.25) is 0 Å². The van der Waals surface area contributed by atoms with Gasteiger partial charge in [0, 0.05) is 30.1 Å². The van der Waals surface area contributed by atoms with Crippen molar-refractivity contribution in [2.45, 2.75) is 33.4 Å². The zero-order chi connectivity index (χ0) is 12.7. The van der Waals surface area contributed by atoms with Gasteiger partial charge in [-0.25, -0.2) is 0 Å². The van der Waals surface area contributed by atoms with Crippen LogP contribution in [0.3, 0.4) is 0 Å². The van der Waals surface area contributed by atoms with Crippen molar-refractivity contribution in [2.24, 2.45) is 0 Å². The third-order valence-corrected chi connectivity index (χ3v) is 3.55. The van der Waals surface area contributed by atoms with E-state index in [0.29, 0.717) is 6.04 Å². The van der Waals surface area contributed by atoms with E-state index in [1.165, 1.54) is 10.0 Å². The summed E-state index contributed by atoms with van der Waals surface area (Å²) in [5.41, 5.74) is 1.36. The predicted octanol–water partition coefficient (Wildman–Crippen LogP) is 3.27. The van der Waals surface area contributed by atoms with Gasteiger partial charge in [-0.1, -0.05) is 54.9 Å². The number of likely N-dealkylation sites (N-methyl/N-ethyl adjacent to an activating group) is 1. The van der Waals surface area contributed by atoms with Gasteiger partial charge >= 0.3 is 0 Å². The first-order chi connectivity index (χ1) is 8.13. The summed E-state index contributed by atoms with van der Waals surface area (Å²) < 4.78 is 1.20. The van der Waals surface area contributed by atoms with Crippen LogP contribution in [0.15, 0.2) is 28.7 Å². The smallest absolute Gasteiger partial charge is 0.0245 e. The van der Waals surface area contributed by atoms with Crippen LogP contribution < -0.4 is 5.32 Å². The highest BCUT2D eigenvalue weighted by atomic mass is 79.9. The number of hydrogen-bond donors (Lipinski definition) is 1. The van der Waals surface area contributed by atoms with E-state index in [2.05, 4.69) is 71.2 Å². The van der Waals surface area contributed by atoms with Gasteiger partial charge in [0.2, 0.25) is 0 Å². The Hall–Kier alpha value is -0.380. The Bertz CT molecular complexity index is 326. The molecule has 1 aromatic rings. The first kappa shape index (κ1) is 14.7. The highest BCUT2D eigenvalue weighted by molar-refractivity contribution is 9.10. The maximum absolute atomic E-state index is 3.60. The van der Waals surface area contributed by atoms with Crippen LogP contribution in [0.4, 0.5) is 0 Å². The van der Waals surface area contributed by atoms with Crippen molar-refractivity contribution in [2.75, 3.05) is 19.6 Å². The standard InChI is InChI=1S/C14H23BrN2/c1-4-17(10-9-16-12(2)3)11-13-7-5-6-8-14(13)15/h5-8,12,16H,4,9-11H2,1-3H3. The maximum atomic E-state index is 3.60. The topological polar surface area (TPSA) is 15.3 Å². The van der Waals surface area contributed by atoms with Crippen molar-refractivity contribution >= 4 is 15.9 Å². The highest BCUT2D eigenvalue weighted by Crippen LogP contribution is 2.17. The van der Waals surface area contributed by atoms with E-state index in [0.717, 1.165) is 26.2 Å². The van der Waals surface area contributed by atoms with Crippen LogP contribution in [-0.2, 0) is 6.54 Å². The molecule has 1 aromatic carbocycles. The molecular formula is C14H23BrN2. The molecule has 3 heteroatoms. The molecule has 2 nitrogen and oxygen atoms in total. The van der Waals surface area contributed by atoms with Crippen molar-refractivity contribution in [3.63, 3.8) is 0 Å². The molecule has 0 aromatic heterocycles. The largest absolute Gasteiger partial charge is 0.313 e. The molecule has 0 spiro atoms. The summed E-state index contributed by atoms with van der Waals surface area (Å²) >= 11 is 3.60. The minimum Gasteiger partial charge on any atom is -0.313 e. The normalized spacial score (nSPS) is 11.4. The van der Waals surface area contributed by atoms with Crippen LogP contribution in [-0.4, -0.2) is 30.6 Å². The van der Waals surface area contributed by atoms with Crippen LogP contribution >= 0.6 is 15.9 Å². The fraction of sp³-hybridized carbons (Fsp3) is 0.571. The minimum atomic E-state index is 0.567. The van der Waals surface area contributed by atoms with Crippen LogP contribution in [0.25, 0.3) is 0 Å². The second-order valence-electron chi connectivity index (χ2n) is 4.57. The van der Waals surface area contributed by atoms with Gasteiger partial charge < -0.3 is 5.32 Å². The first-order valence-corrected chi connectivity index (χ1v) is 7.12. The minimum absolute atomic E-state index is 0.567. The summed E-state index contributed by atoms with van der Waals surface area (Å²) in [7, 11) is 0. The Kier molecular flexibility index (Phi) is 6.78. The molecule has 0 saturated heterocycles. The van der Waals surface area contributed by atoms with Crippen molar-refractivity contribution in [1.29, 1.82) is 0 Å². The van der Waals surface area contributed by atoms with E-state index in [1.54, 1.807) is 0 Å². The summed E-state index contributed by atoms with van der Waals surface area (Å²) in [5, 5.41) is 3.46. The lowest BCUT2D eigenvalue weighted by atomic mass is 10.2. The lowest BCUT2D eigenvalue weighted by molar-refractivity contribution is 0.276. The lowest BCUT2D eigenvalue weighted by Gasteiger charge is -2.22. The Balaban J connectivity index is 2.44. The molecule has 0 heterocycles. The number of nitrogens with one attached hydrogen (secondary N) is 1. The van der Waals surface area contributed by atoms with E-state index in [1.807, 2.05) is 0 Å². The van der Waals surface area contributed by atoms with Crippen molar-refractivity contribution in [3.05, 3.63) is 34.3 Å². The second-order valence-corrected chi connectivity index (χ2v) is 5.42. The number of benzene rings is 1. The van der Waals surface area contributed by atoms with Gasteiger partial charge in [0.15, 0.2) is 0 Å². The maximum Gasteiger partial charge on any atom is 0.0245 e. The highest BCUT2D eigenvalue weighted by Gasteiger charge is 2.06. The third-order valence-electron chi connectivity index (χ3n) is 2.78. The molecule has 0 aliphatic carbocycles. The van der Waals surface area contributed by atoms with Crippen molar-refractivity contribution < 1.29 is 0 Å². The fourth-order valence-corrected chi connectivity index (χ4v) is 2.14. The number of hydrogen-bond acceptors (Lipinski definition) is 2. The predicted molar refractivity (Wildman–Crippen MR) is 78.2 cm³/mol. The Morgan fingerprint density at radius 1 is 1.29 bits per heavy atom. The monoisotopic (exact) mass is 298 g/mol. The fourth-order valence-electron chi connectivity index (χ4n) is 1.73. The van der Waals surface area contributed by atoms with E-state index < -0.39 is 0 Å². The third kappa shape index (κ3) is 5.66. The zero-order valence-electron chi connectivity index (χ0n) is 11.0. The number of halogens is 1. The number of rotatable bonds is 7. The molecule has 0 bridgehead atoms. The van der Waals surface area contributed by atoms with E-state index in [4.69, 9.17) is 0 Å². The lowest BCUT2D eigenvalue weighted by Crippen LogP contribution is -2.34. The summed E-state index contributed by atoms with van der Waals surface area (Å²) in [6.07, 6.45) is 0. The first-order valence-electron chi connectivity index (χ1n) is 6.32. The van der Waals surface area contributed by atoms with Crippen LogP contribution in [0, 0.1) is 0 Å². The molecule has 0 amide bonds. The molecule has 96 valence electrons. The average molecular weight is 299 g/mol. The van der Waals surface area contributed by atoms with Gasteiger partial charge in [0.05, 0.1) is 0 Å². The molecule has 0 fully saturated rings. The molecule has 0 unspecified atom stereocenters. The zero-order valence-corrected chi connectivity index (χ0v) is 12.6. The van der Waals surface area contributed by atoms with Gasteiger partial charge in [-0.05, 0) is 18.2 Å². The molecule has 1 N–H and O–H groups in total. The molecule has 0 aliphatic heterocycles. The Morgan fingerprint density at radius 3 is 2.59 bits per heavy atom. The van der Waals surface area contributed by atoms with Gasteiger partial charge in [-0.15, -0.1) is 0 Å². The SMILES string of the molecule is CCN(CCNC(C)C)Cc1ccccc1Br. The molecule has 1 rings (SSSR count). The summed E-state index contributed by atoms with van der Waals surface area (Å²) in [5.74, 6) is 0.